The first-order valence-electron chi connectivity index (χ1n) is 5.77. The van der Waals surface area contributed by atoms with Crippen molar-refractivity contribution in [2.75, 3.05) is 13.1 Å². The Balaban J connectivity index is 2.31. The monoisotopic (exact) mass is 270 g/mol. The molecule has 0 saturated carbocycles. The van der Waals surface area contributed by atoms with Gasteiger partial charge in [-0.05, 0) is 22.9 Å². The summed E-state index contributed by atoms with van der Waals surface area (Å²) in [6.07, 6.45) is 0. The third-order valence-electron chi connectivity index (χ3n) is 2.25. The molecule has 1 aromatic heterocycles. The van der Waals surface area contributed by atoms with Crippen molar-refractivity contribution in [1.82, 2.24) is 10.6 Å². The molecule has 0 radical (unpaired) electrons. The van der Waals surface area contributed by atoms with Crippen molar-refractivity contribution in [2.24, 2.45) is 5.92 Å². The van der Waals surface area contributed by atoms with E-state index in [1.807, 2.05) is 13.8 Å². The number of hydrogen-bond donors (Lipinski definition) is 3. The van der Waals surface area contributed by atoms with Crippen LogP contribution in [-0.4, -0.2) is 30.1 Å². The van der Waals surface area contributed by atoms with Crippen LogP contribution in [0.1, 0.15) is 29.1 Å². The summed E-state index contributed by atoms with van der Waals surface area (Å²) in [5.74, 6) is -0.577. The molecular weight excluding hydrogens is 252 g/mol. The second-order valence-electron chi connectivity index (χ2n) is 4.38. The van der Waals surface area contributed by atoms with Crippen molar-refractivity contribution >= 4 is 23.2 Å². The summed E-state index contributed by atoms with van der Waals surface area (Å²) in [4.78, 5) is 22.6. The highest BCUT2D eigenvalue weighted by Gasteiger charge is 2.11. The lowest BCUT2D eigenvalue weighted by Crippen LogP contribution is -2.35. The molecule has 18 heavy (non-hydrogen) atoms. The molecule has 1 rings (SSSR count). The van der Waals surface area contributed by atoms with Gasteiger partial charge in [0.1, 0.15) is 4.88 Å². The average molecular weight is 270 g/mol. The van der Waals surface area contributed by atoms with E-state index >= 15 is 0 Å². The van der Waals surface area contributed by atoms with Crippen LogP contribution in [0.25, 0.3) is 0 Å². The fraction of sp³-hybridized carbons (Fsp3) is 0.500. The molecule has 100 valence electrons. The predicted molar refractivity (Wildman–Crippen MR) is 70.8 cm³/mol. The topological polar surface area (TPSA) is 78.4 Å². The van der Waals surface area contributed by atoms with Crippen LogP contribution in [0.2, 0.25) is 0 Å². The second kappa shape index (κ2) is 7.13. The molecule has 0 atom stereocenters. The van der Waals surface area contributed by atoms with Gasteiger partial charge in [-0.3, -0.25) is 4.79 Å². The van der Waals surface area contributed by atoms with Gasteiger partial charge in [0.05, 0.1) is 6.54 Å². The zero-order chi connectivity index (χ0) is 13.5. The Kier molecular flexibility index (Phi) is 5.80. The van der Waals surface area contributed by atoms with Crippen molar-refractivity contribution in [1.29, 1.82) is 0 Å². The Bertz CT molecular complexity index is 415. The molecule has 1 aromatic rings. The second-order valence-corrected chi connectivity index (χ2v) is 5.30. The van der Waals surface area contributed by atoms with Gasteiger partial charge in [-0.1, -0.05) is 13.8 Å². The number of carboxylic acids is 1. The number of aromatic carboxylic acids is 1. The van der Waals surface area contributed by atoms with Gasteiger partial charge >= 0.3 is 5.97 Å². The number of carbonyl (C=O) groups excluding carboxylic acids is 1. The van der Waals surface area contributed by atoms with Crippen LogP contribution < -0.4 is 10.6 Å². The van der Waals surface area contributed by atoms with Crippen molar-refractivity contribution in [3.63, 3.8) is 0 Å². The molecule has 0 aliphatic rings. The van der Waals surface area contributed by atoms with Gasteiger partial charge in [-0.15, -0.1) is 11.3 Å². The molecule has 6 heteroatoms. The summed E-state index contributed by atoms with van der Waals surface area (Å²) >= 11 is 1.19. The normalized spacial score (nSPS) is 10.6. The predicted octanol–water partition coefficient (Wildman–Crippen LogP) is 1.31. The minimum atomic E-state index is -0.925. The molecule has 0 fully saturated rings. The molecule has 0 aliphatic heterocycles. The molecule has 0 spiro atoms. The number of thiophene rings is 1. The number of carbonyl (C=O) groups is 2. The van der Waals surface area contributed by atoms with Crippen LogP contribution in [0, 0.1) is 5.92 Å². The molecule has 1 heterocycles. The maximum Gasteiger partial charge on any atom is 0.346 e. The highest BCUT2D eigenvalue weighted by atomic mass is 32.1. The fourth-order valence-electron chi connectivity index (χ4n) is 1.35. The minimum Gasteiger partial charge on any atom is -0.477 e. The van der Waals surface area contributed by atoms with Crippen LogP contribution in [-0.2, 0) is 11.3 Å². The average Bonchev–Trinajstić information content (AvgIpc) is 2.74. The van der Waals surface area contributed by atoms with Crippen LogP contribution in [0.15, 0.2) is 11.4 Å². The number of nitrogens with one attached hydrogen (secondary N) is 2. The highest BCUT2D eigenvalue weighted by Crippen LogP contribution is 2.16. The Morgan fingerprint density at radius 3 is 2.78 bits per heavy atom. The maximum absolute atomic E-state index is 11.4. The van der Waals surface area contributed by atoms with Gasteiger partial charge in [-0.2, -0.15) is 0 Å². The Morgan fingerprint density at radius 2 is 2.17 bits per heavy atom. The van der Waals surface area contributed by atoms with E-state index < -0.39 is 5.97 Å². The largest absolute Gasteiger partial charge is 0.477 e. The van der Waals surface area contributed by atoms with Crippen LogP contribution in [0.3, 0.4) is 0 Å². The SMILES string of the molecule is CC(C)CNC(=O)CNCc1ccsc1C(=O)O. The summed E-state index contributed by atoms with van der Waals surface area (Å²) in [5.41, 5.74) is 0.712. The smallest absolute Gasteiger partial charge is 0.346 e. The van der Waals surface area contributed by atoms with Crippen molar-refractivity contribution in [3.8, 4) is 0 Å². The molecule has 3 N–H and O–H groups in total. The zero-order valence-electron chi connectivity index (χ0n) is 10.5. The van der Waals surface area contributed by atoms with Gasteiger partial charge in [0.15, 0.2) is 0 Å². The van der Waals surface area contributed by atoms with Crippen molar-refractivity contribution in [3.05, 3.63) is 21.9 Å². The van der Waals surface area contributed by atoms with E-state index in [4.69, 9.17) is 5.11 Å². The van der Waals surface area contributed by atoms with E-state index in [0.717, 1.165) is 0 Å². The quantitative estimate of drug-likeness (QED) is 0.698. The minimum absolute atomic E-state index is 0.0733. The molecule has 0 saturated heterocycles. The third-order valence-corrected chi connectivity index (χ3v) is 3.19. The van der Waals surface area contributed by atoms with Gasteiger partial charge in [0.2, 0.25) is 5.91 Å². The number of rotatable bonds is 7. The summed E-state index contributed by atoms with van der Waals surface area (Å²) in [6.45, 7) is 5.29. The van der Waals surface area contributed by atoms with Gasteiger partial charge in [-0.25, -0.2) is 4.79 Å². The molecule has 1 amide bonds. The number of hydrogen-bond acceptors (Lipinski definition) is 4. The molecule has 0 unspecified atom stereocenters. The van der Waals surface area contributed by atoms with Crippen LogP contribution in [0.4, 0.5) is 0 Å². The van der Waals surface area contributed by atoms with E-state index in [1.54, 1.807) is 11.4 Å². The highest BCUT2D eigenvalue weighted by molar-refractivity contribution is 7.12. The Hall–Kier alpha value is -1.40. The molecule has 0 aliphatic carbocycles. The standard InChI is InChI=1S/C12H18N2O3S/c1-8(2)5-14-10(15)7-13-6-9-3-4-18-11(9)12(16)17/h3-4,8,13H,5-7H2,1-2H3,(H,14,15)(H,16,17). The van der Waals surface area contributed by atoms with Gasteiger partial charge < -0.3 is 15.7 Å². The van der Waals surface area contributed by atoms with Gasteiger partial charge in [0, 0.05) is 13.1 Å². The summed E-state index contributed by atoms with van der Waals surface area (Å²) < 4.78 is 0. The van der Waals surface area contributed by atoms with E-state index in [0.29, 0.717) is 29.4 Å². The Morgan fingerprint density at radius 1 is 1.44 bits per heavy atom. The molecule has 0 aromatic carbocycles. The first-order valence-corrected chi connectivity index (χ1v) is 6.65. The van der Waals surface area contributed by atoms with Crippen LogP contribution in [0.5, 0.6) is 0 Å². The number of carboxylic acid groups (broad SMARTS) is 1. The first kappa shape index (κ1) is 14.7. The third kappa shape index (κ3) is 4.85. The first-order chi connectivity index (χ1) is 8.50. The maximum atomic E-state index is 11.4. The van der Waals surface area contributed by atoms with Crippen LogP contribution >= 0.6 is 11.3 Å². The fourth-order valence-corrected chi connectivity index (χ4v) is 2.11. The summed E-state index contributed by atoms with van der Waals surface area (Å²) in [7, 11) is 0. The van der Waals surface area contributed by atoms with Crippen molar-refractivity contribution < 1.29 is 14.7 Å². The van der Waals surface area contributed by atoms with E-state index in [-0.39, 0.29) is 12.5 Å². The number of amides is 1. The lowest BCUT2D eigenvalue weighted by Gasteiger charge is -2.08. The lowest BCUT2D eigenvalue weighted by atomic mass is 10.2. The zero-order valence-corrected chi connectivity index (χ0v) is 11.3. The molecule has 0 bridgehead atoms. The van der Waals surface area contributed by atoms with E-state index in [9.17, 15) is 9.59 Å². The van der Waals surface area contributed by atoms with Gasteiger partial charge in [0.25, 0.3) is 0 Å². The summed E-state index contributed by atoms with van der Waals surface area (Å²) in [5, 5.41) is 16.4. The molecule has 5 nitrogen and oxygen atoms in total. The van der Waals surface area contributed by atoms with E-state index in [2.05, 4.69) is 10.6 Å². The van der Waals surface area contributed by atoms with E-state index in [1.165, 1.54) is 11.3 Å². The summed E-state index contributed by atoms with van der Waals surface area (Å²) in [6, 6.07) is 1.76. The lowest BCUT2D eigenvalue weighted by molar-refractivity contribution is -0.120. The van der Waals surface area contributed by atoms with Crippen molar-refractivity contribution in [2.45, 2.75) is 20.4 Å². The molecular formula is C12H18N2O3S. The Labute approximate surface area is 110 Å².